The van der Waals surface area contributed by atoms with Crippen molar-refractivity contribution in [2.75, 3.05) is 20.8 Å². The fourth-order valence-corrected chi connectivity index (χ4v) is 2.49. The van der Waals surface area contributed by atoms with Crippen LogP contribution < -0.4 is 5.73 Å². The smallest absolute Gasteiger partial charge is 0.325 e. The van der Waals surface area contributed by atoms with Crippen molar-refractivity contribution in [3.05, 3.63) is 0 Å². The topological polar surface area (TPSA) is 70.8 Å². The summed E-state index contributed by atoms with van der Waals surface area (Å²) in [6.45, 7) is 2.32. The third kappa shape index (κ3) is 5.47. The minimum Gasteiger partial charge on any atom is -0.468 e. The summed E-state index contributed by atoms with van der Waals surface area (Å²) in [6.07, 6.45) is 6.27. The van der Waals surface area contributed by atoms with Crippen LogP contribution in [-0.2, 0) is 19.0 Å². The standard InChI is InChI=1S/C14H27NO4/c1-14(15,13(16)18-3)8-5-9-19-12-7-4-6-11(10-12)17-2/h11-12H,4-10,15H2,1-3H3. The molecule has 1 fully saturated rings. The summed E-state index contributed by atoms with van der Waals surface area (Å²) in [6, 6.07) is 0. The third-order valence-electron chi connectivity index (χ3n) is 3.76. The second-order valence-corrected chi connectivity index (χ2v) is 5.53. The van der Waals surface area contributed by atoms with Crippen molar-refractivity contribution in [2.45, 2.75) is 63.2 Å². The number of hydrogen-bond acceptors (Lipinski definition) is 5. The lowest BCUT2D eigenvalue weighted by atomic mass is 9.94. The van der Waals surface area contributed by atoms with E-state index in [1.54, 1.807) is 14.0 Å². The molecular weight excluding hydrogens is 246 g/mol. The Bertz CT molecular complexity index is 281. The van der Waals surface area contributed by atoms with Crippen LogP contribution in [-0.4, -0.2) is 44.5 Å². The second kappa shape index (κ2) is 7.82. The molecule has 0 aromatic rings. The van der Waals surface area contributed by atoms with Gasteiger partial charge in [0.2, 0.25) is 0 Å². The van der Waals surface area contributed by atoms with Gasteiger partial charge in [-0.1, -0.05) is 0 Å². The zero-order chi connectivity index (χ0) is 14.3. The van der Waals surface area contributed by atoms with Gasteiger partial charge in [0, 0.05) is 13.7 Å². The van der Waals surface area contributed by atoms with E-state index in [0.29, 0.717) is 19.1 Å². The molecule has 0 bridgehead atoms. The van der Waals surface area contributed by atoms with E-state index in [0.717, 1.165) is 32.1 Å². The second-order valence-electron chi connectivity index (χ2n) is 5.53. The largest absolute Gasteiger partial charge is 0.468 e. The quantitative estimate of drug-likeness (QED) is 0.564. The molecule has 0 aromatic heterocycles. The maximum absolute atomic E-state index is 11.4. The van der Waals surface area contributed by atoms with Crippen LogP contribution in [0.2, 0.25) is 0 Å². The molecule has 1 rings (SSSR count). The van der Waals surface area contributed by atoms with E-state index < -0.39 is 5.54 Å². The summed E-state index contributed by atoms with van der Waals surface area (Å²) in [5.74, 6) is -0.371. The van der Waals surface area contributed by atoms with Gasteiger partial charge in [-0.2, -0.15) is 0 Å². The third-order valence-corrected chi connectivity index (χ3v) is 3.76. The number of methoxy groups -OCH3 is 2. The Morgan fingerprint density at radius 3 is 2.63 bits per heavy atom. The molecule has 2 N–H and O–H groups in total. The van der Waals surface area contributed by atoms with Crippen LogP contribution in [0, 0.1) is 0 Å². The van der Waals surface area contributed by atoms with Crippen LogP contribution in [0.25, 0.3) is 0 Å². The molecule has 1 aliphatic rings. The summed E-state index contributed by atoms with van der Waals surface area (Å²) in [4.78, 5) is 11.4. The van der Waals surface area contributed by atoms with Crippen LogP contribution in [0.3, 0.4) is 0 Å². The molecule has 19 heavy (non-hydrogen) atoms. The van der Waals surface area contributed by atoms with Gasteiger partial charge in [0.15, 0.2) is 0 Å². The van der Waals surface area contributed by atoms with Crippen molar-refractivity contribution in [3.63, 3.8) is 0 Å². The molecular formula is C14H27NO4. The lowest BCUT2D eigenvalue weighted by Crippen LogP contribution is -2.45. The molecule has 0 aliphatic heterocycles. The number of carbonyl (C=O) groups is 1. The first kappa shape index (κ1) is 16.4. The number of hydrogen-bond donors (Lipinski definition) is 1. The van der Waals surface area contributed by atoms with Crippen molar-refractivity contribution in [1.29, 1.82) is 0 Å². The minimum absolute atomic E-state index is 0.279. The van der Waals surface area contributed by atoms with Gasteiger partial charge in [0.25, 0.3) is 0 Å². The van der Waals surface area contributed by atoms with E-state index in [1.807, 2.05) is 0 Å². The van der Waals surface area contributed by atoms with Crippen LogP contribution in [0.4, 0.5) is 0 Å². The van der Waals surface area contributed by atoms with Gasteiger partial charge < -0.3 is 19.9 Å². The van der Waals surface area contributed by atoms with Gasteiger partial charge >= 0.3 is 5.97 Å². The zero-order valence-electron chi connectivity index (χ0n) is 12.3. The van der Waals surface area contributed by atoms with Crippen molar-refractivity contribution in [2.24, 2.45) is 5.73 Å². The highest BCUT2D eigenvalue weighted by molar-refractivity contribution is 5.79. The Hall–Kier alpha value is -0.650. The van der Waals surface area contributed by atoms with E-state index >= 15 is 0 Å². The minimum atomic E-state index is -0.917. The van der Waals surface area contributed by atoms with Crippen LogP contribution in [0.1, 0.15) is 45.4 Å². The van der Waals surface area contributed by atoms with E-state index in [1.165, 1.54) is 7.11 Å². The molecule has 0 saturated heterocycles. The summed E-state index contributed by atoms with van der Waals surface area (Å²) < 4.78 is 15.9. The maximum Gasteiger partial charge on any atom is 0.325 e. The number of rotatable bonds is 7. The average molecular weight is 273 g/mol. The Morgan fingerprint density at radius 1 is 1.32 bits per heavy atom. The van der Waals surface area contributed by atoms with Crippen molar-refractivity contribution < 1.29 is 19.0 Å². The molecule has 112 valence electrons. The molecule has 3 atom stereocenters. The number of carbonyl (C=O) groups excluding carboxylic acids is 1. The van der Waals surface area contributed by atoms with Gasteiger partial charge in [0.1, 0.15) is 5.54 Å². The van der Waals surface area contributed by atoms with Crippen molar-refractivity contribution in [3.8, 4) is 0 Å². The Labute approximate surface area is 115 Å². The fraction of sp³-hybridized carbons (Fsp3) is 0.929. The SMILES string of the molecule is COC(=O)C(C)(N)CCCOC1CCCC(OC)C1. The van der Waals surface area contributed by atoms with E-state index in [-0.39, 0.29) is 12.1 Å². The van der Waals surface area contributed by atoms with E-state index in [2.05, 4.69) is 4.74 Å². The van der Waals surface area contributed by atoms with Gasteiger partial charge in [-0.25, -0.2) is 0 Å². The van der Waals surface area contributed by atoms with Gasteiger partial charge in [-0.05, 0) is 45.4 Å². The predicted octanol–water partition coefficient (Wildman–Crippen LogP) is 1.63. The van der Waals surface area contributed by atoms with Crippen LogP contribution in [0.15, 0.2) is 0 Å². The predicted molar refractivity (Wildman–Crippen MR) is 72.8 cm³/mol. The molecule has 0 aromatic carbocycles. The fourth-order valence-electron chi connectivity index (χ4n) is 2.49. The van der Waals surface area contributed by atoms with Crippen molar-refractivity contribution in [1.82, 2.24) is 0 Å². The zero-order valence-corrected chi connectivity index (χ0v) is 12.3. The summed E-state index contributed by atoms with van der Waals surface area (Å²) in [5, 5.41) is 0. The lowest BCUT2D eigenvalue weighted by molar-refractivity contribution is -0.146. The Morgan fingerprint density at radius 2 is 2.00 bits per heavy atom. The van der Waals surface area contributed by atoms with Crippen LogP contribution in [0.5, 0.6) is 0 Å². The highest BCUT2D eigenvalue weighted by atomic mass is 16.5. The molecule has 1 saturated carbocycles. The monoisotopic (exact) mass is 273 g/mol. The number of esters is 1. The van der Waals surface area contributed by atoms with Gasteiger partial charge in [0.05, 0.1) is 19.3 Å². The first-order valence-electron chi connectivity index (χ1n) is 7.01. The summed E-state index contributed by atoms with van der Waals surface area (Å²) in [5.41, 5.74) is 4.97. The average Bonchev–Trinajstić information content (AvgIpc) is 2.43. The molecule has 5 heteroatoms. The number of ether oxygens (including phenoxy) is 3. The molecule has 1 aliphatic carbocycles. The summed E-state index contributed by atoms with van der Waals surface area (Å²) in [7, 11) is 3.11. The van der Waals surface area contributed by atoms with Crippen LogP contribution >= 0.6 is 0 Å². The highest BCUT2D eigenvalue weighted by Crippen LogP contribution is 2.23. The molecule has 0 amide bonds. The molecule has 5 nitrogen and oxygen atoms in total. The first-order valence-corrected chi connectivity index (χ1v) is 7.01. The lowest BCUT2D eigenvalue weighted by Gasteiger charge is -2.28. The first-order chi connectivity index (χ1) is 8.99. The molecule has 0 radical (unpaired) electrons. The Balaban J connectivity index is 2.18. The van der Waals surface area contributed by atoms with Crippen molar-refractivity contribution >= 4 is 5.97 Å². The van der Waals surface area contributed by atoms with E-state index in [4.69, 9.17) is 15.2 Å². The normalized spacial score (nSPS) is 26.7. The highest BCUT2D eigenvalue weighted by Gasteiger charge is 2.29. The van der Waals surface area contributed by atoms with E-state index in [9.17, 15) is 4.79 Å². The number of nitrogens with two attached hydrogens (primary N) is 1. The molecule has 0 heterocycles. The van der Waals surface area contributed by atoms with Gasteiger partial charge in [-0.15, -0.1) is 0 Å². The van der Waals surface area contributed by atoms with Gasteiger partial charge in [-0.3, -0.25) is 4.79 Å². The Kier molecular flexibility index (Phi) is 6.75. The molecule has 0 spiro atoms. The maximum atomic E-state index is 11.4. The summed E-state index contributed by atoms with van der Waals surface area (Å²) >= 11 is 0. The molecule has 3 unspecified atom stereocenters.